The van der Waals surface area contributed by atoms with Crippen molar-refractivity contribution in [1.29, 1.82) is 0 Å². The van der Waals surface area contributed by atoms with Crippen LogP contribution in [0.1, 0.15) is 21.7 Å². The first kappa shape index (κ1) is 20.8. The van der Waals surface area contributed by atoms with E-state index in [0.29, 0.717) is 12.6 Å². The van der Waals surface area contributed by atoms with Crippen LogP contribution in [-0.4, -0.2) is 53.1 Å². The summed E-state index contributed by atoms with van der Waals surface area (Å²) in [4.78, 5) is 26.0. The highest BCUT2D eigenvalue weighted by Gasteiger charge is 2.27. The van der Waals surface area contributed by atoms with Crippen LogP contribution in [0.3, 0.4) is 0 Å². The van der Waals surface area contributed by atoms with Gasteiger partial charge in [-0.1, -0.05) is 18.2 Å². The molecule has 162 valence electrons. The van der Waals surface area contributed by atoms with E-state index in [2.05, 4.69) is 52.2 Å². The van der Waals surface area contributed by atoms with Crippen molar-refractivity contribution >= 4 is 43.0 Å². The predicted molar refractivity (Wildman–Crippen MR) is 132 cm³/mol. The summed E-state index contributed by atoms with van der Waals surface area (Å²) in [5.74, 6) is 0. The number of likely N-dealkylation sites (N-methyl/N-ethyl adjacent to an activating group) is 2. The van der Waals surface area contributed by atoms with Gasteiger partial charge in [0.05, 0.1) is 11.7 Å². The Morgan fingerprint density at radius 2 is 2.03 bits per heavy atom. The molecule has 31 heavy (non-hydrogen) atoms. The van der Waals surface area contributed by atoms with Crippen molar-refractivity contribution in [3.8, 4) is 0 Å². The van der Waals surface area contributed by atoms with E-state index in [1.165, 1.54) is 25.4 Å². The maximum atomic E-state index is 13.1. The van der Waals surface area contributed by atoms with Gasteiger partial charge < -0.3 is 4.90 Å². The van der Waals surface area contributed by atoms with Gasteiger partial charge in [0.15, 0.2) is 0 Å². The number of thiophene rings is 2. The molecule has 4 aromatic rings. The highest BCUT2D eigenvalue weighted by atomic mass is 32.1. The average molecular weight is 453 g/mol. The lowest BCUT2D eigenvalue weighted by Gasteiger charge is -2.30. The summed E-state index contributed by atoms with van der Waals surface area (Å²) in [6.45, 7) is 2.49. The molecule has 5 nitrogen and oxygen atoms in total. The van der Waals surface area contributed by atoms with Crippen molar-refractivity contribution in [2.75, 3.05) is 27.7 Å². The predicted octanol–water partition coefficient (Wildman–Crippen LogP) is 4.22. The molecule has 0 aliphatic heterocycles. The van der Waals surface area contributed by atoms with Crippen LogP contribution in [0.5, 0.6) is 0 Å². The van der Waals surface area contributed by atoms with Gasteiger partial charge in [-0.2, -0.15) is 0 Å². The standard InChI is InChI=1S/C24H28N4OS2/c1-26(2)10-11-28-15-25-23-22(24(28)29)19-9-8-17(13-21(19)31-23)27(3)14-18-12-16-6-4-5-7-20(16)30-18/h4-7,12,15,17H,8-11,13-14H2,1-3H3. The summed E-state index contributed by atoms with van der Waals surface area (Å²) in [6, 6.07) is 11.4. The maximum absolute atomic E-state index is 13.1. The van der Waals surface area contributed by atoms with Gasteiger partial charge in [0.25, 0.3) is 5.56 Å². The van der Waals surface area contributed by atoms with E-state index < -0.39 is 0 Å². The molecular weight excluding hydrogens is 424 g/mol. The van der Waals surface area contributed by atoms with Crippen LogP contribution in [-0.2, 0) is 25.9 Å². The molecule has 0 amide bonds. The third-order valence-electron chi connectivity index (χ3n) is 6.30. The third-order valence-corrected chi connectivity index (χ3v) is 8.57. The minimum atomic E-state index is 0.126. The lowest BCUT2D eigenvalue weighted by atomic mass is 9.92. The molecule has 0 radical (unpaired) electrons. The zero-order valence-corrected chi connectivity index (χ0v) is 19.9. The molecule has 1 atom stereocenters. The van der Waals surface area contributed by atoms with Crippen LogP contribution >= 0.6 is 22.7 Å². The van der Waals surface area contributed by atoms with Gasteiger partial charge in [-0.05, 0) is 63.5 Å². The maximum Gasteiger partial charge on any atom is 0.262 e. The first-order valence-electron chi connectivity index (χ1n) is 10.8. The smallest absolute Gasteiger partial charge is 0.262 e. The largest absolute Gasteiger partial charge is 0.308 e. The first-order chi connectivity index (χ1) is 15.0. The summed E-state index contributed by atoms with van der Waals surface area (Å²) in [6.07, 6.45) is 4.79. The van der Waals surface area contributed by atoms with E-state index in [1.54, 1.807) is 22.2 Å². The normalized spacial score (nSPS) is 16.6. The van der Waals surface area contributed by atoms with Crippen molar-refractivity contribution in [3.63, 3.8) is 0 Å². The summed E-state index contributed by atoms with van der Waals surface area (Å²) in [5.41, 5.74) is 1.38. The Labute approximate surface area is 190 Å². The van der Waals surface area contributed by atoms with Crippen molar-refractivity contribution < 1.29 is 0 Å². The van der Waals surface area contributed by atoms with Gasteiger partial charge in [0.1, 0.15) is 4.83 Å². The number of fused-ring (bicyclic) bond motifs is 4. The zero-order chi connectivity index (χ0) is 21.5. The number of aryl methyl sites for hydroxylation is 1. The number of rotatable bonds is 6. The van der Waals surface area contributed by atoms with E-state index in [1.807, 2.05) is 25.4 Å². The molecule has 3 aromatic heterocycles. The monoisotopic (exact) mass is 452 g/mol. The molecule has 0 N–H and O–H groups in total. The zero-order valence-electron chi connectivity index (χ0n) is 18.3. The molecule has 1 aromatic carbocycles. The molecule has 0 spiro atoms. The quantitative estimate of drug-likeness (QED) is 0.439. The van der Waals surface area contributed by atoms with Crippen molar-refractivity contribution in [3.05, 3.63) is 62.3 Å². The molecule has 0 fully saturated rings. The van der Waals surface area contributed by atoms with Crippen LogP contribution in [0.25, 0.3) is 20.3 Å². The van der Waals surface area contributed by atoms with Gasteiger partial charge in [-0.15, -0.1) is 22.7 Å². The van der Waals surface area contributed by atoms with Crippen molar-refractivity contribution in [2.45, 2.75) is 38.4 Å². The van der Waals surface area contributed by atoms with Crippen molar-refractivity contribution in [2.24, 2.45) is 0 Å². The molecule has 7 heteroatoms. The van der Waals surface area contributed by atoms with E-state index in [4.69, 9.17) is 0 Å². The third kappa shape index (κ3) is 4.07. The Morgan fingerprint density at radius 3 is 2.84 bits per heavy atom. The van der Waals surface area contributed by atoms with E-state index >= 15 is 0 Å². The SMILES string of the molecule is CN(C)CCn1cnc2sc3c(c2c1=O)CCC(N(C)Cc1cc2ccccc2s1)C3. The number of hydrogen-bond donors (Lipinski definition) is 0. The van der Waals surface area contributed by atoms with Gasteiger partial charge in [0, 0.05) is 40.1 Å². The lowest BCUT2D eigenvalue weighted by Crippen LogP contribution is -2.35. The molecule has 1 aliphatic rings. The average Bonchev–Trinajstić information content (AvgIpc) is 3.33. The summed E-state index contributed by atoms with van der Waals surface area (Å²) in [5, 5.41) is 2.20. The number of aromatic nitrogens is 2. The van der Waals surface area contributed by atoms with Crippen LogP contribution in [0.4, 0.5) is 0 Å². The van der Waals surface area contributed by atoms with Gasteiger partial charge in [0.2, 0.25) is 0 Å². The Morgan fingerprint density at radius 1 is 1.19 bits per heavy atom. The van der Waals surface area contributed by atoms with Gasteiger partial charge in [-0.3, -0.25) is 14.3 Å². The first-order valence-corrected chi connectivity index (χ1v) is 12.4. The summed E-state index contributed by atoms with van der Waals surface area (Å²) in [7, 11) is 6.29. The number of hydrogen-bond acceptors (Lipinski definition) is 6. The molecule has 5 rings (SSSR count). The second-order valence-corrected chi connectivity index (χ2v) is 11.0. The summed E-state index contributed by atoms with van der Waals surface area (Å²) < 4.78 is 3.13. The Balaban J connectivity index is 1.36. The minimum absolute atomic E-state index is 0.126. The molecule has 0 saturated heterocycles. The fourth-order valence-corrected chi connectivity index (χ4v) is 6.89. The second-order valence-electron chi connectivity index (χ2n) is 8.79. The second kappa shape index (κ2) is 8.47. The molecule has 1 unspecified atom stereocenters. The van der Waals surface area contributed by atoms with Crippen LogP contribution < -0.4 is 5.56 Å². The fourth-order valence-electron chi connectivity index (χ4n) is 4.52. The Kier molecular flexibility index (Phi) is 5.69. The highest BCUT2D eigenvalue weighted by molar-refractivity contribution is 7.19. The Bertz CT molecular complexity index is 1250. The van der Waals surface area contributed by atoms with Crippen LogP contribution in [0, 0.1) is 0 Å². The highest BCUT2D eigenvalue weighted by Crippen LogP contribution is 2.35. The Hall–Kier alpha value is -2.06. The van der Waals surface area contributed by atoms with E-state index in [9.17, 15) is 4.79 Å². The fraction of sp³-hybridized carbons (Fsp3) is 0.417. The summed E-state index contributed by atoms with van der Waals surface area (Å²) >= 11 is 3.61. The van der Waals surface area contributed by atoms with Crippen LogP contribution in [0.15, 0.2) is 41.5 Å². The lowest BCUT2D eigenvalue weighted by molar-refractivity contribution is 0.217. The minimum Gasteiger partial charge on any atom is -0.308 e. The van der Waals surface area contributed by atoms with Crippen molar-refractivity contribution in [1.82, 2.24) is 19.4 Å². The number of nitrogens with zero attached hydrogens (tertiary/aromatic N) is 4. The molecular formula is C24H28N4OS2. The van der Waals surface area contributed by atoms with E-state index in [-0.39, 0.29) is 5.56 Å². The molecule has 0 saturated carbocycles. The van der Waals surface area contributed by atoms with Gasteiger partial charge >= 0.3 is 0 Å². The topological polar surface area (TPSA) is 41.4 Å². The molecule has 0 bridgehead atoms. The molecule has 3 heterocycles. The van der Waals surface area contributed by atoms with Crippen LogP contribution in [0.2, 0.25) is 0 Å². The number of benzene rings is 1. The van der Waals surface area contributed by atoms with Gasteiger partial charge in [-0.25, -0.2) is 4.98 Å². The molecule has 1 aliphatic carbocycles. The van der Waals surface area contributed by atoms with E-state index in [0.717, 1.165) is 42.6 Å².